The van der Waals surface area contributed by atoms with E-state index < -0.39 is 16.1 Å². The topological polar surface area (TPSA) is 75.7 Å². The lowest BCUT2D eigenvalue weighted by molar-refractivity contribution is -0.124. The van der Waals surface area contributed by atoms with Crippen LogP contribution in [-0.2, 0) is 19.6 Å². The van der Waals surface area contributed by atoms with Crippen molar-refractivity contribution >= 4 is 21.6 Å². The molecule has 0 unspecified atom stereocenters. The van der Waals surface area contributed by atoms with E-state index in [-0.39, 0.29) is 10.8 Å². The predicted molar refractivity (Wildman–Crippen MR) is 91.3 cm³/mol. The second-order valence-corrected chi connectivity index (χ2v) is 8.27. The number of rotatable bonds is 4. The Morgan fingerprint density at radius 1 is 1.12 bits per heavy atom. The van der Waals surface area contributed by atoms with Gasteiger partial charge in [-0.25, -0.2) is 8.42 Å². The van der Waals surface area contributed by atoms with Crippen LogP contribution in [0.15, 0.2) is 29.2 Å². The van der Waals surface area contributed by atoms with Gasteiger partial charge in [-0.3, -0.25) is 4.79 Å². The van der Waals surface area contributed by atoms with E-state index in [0.29, 0.717) is 31.8 Å². The number of carbonyl (C=O) groups is 1. The van der Waals surface area contributed by atoms with Crippen molar-refractivity contribution in [3.05, 3.63) is 24.3 Å². The van der Waals surface area contributed by atoms with Gasteiger partial charge in [0.2, 0.25) is 10.0 Å². The van der Waals surface area contributed by atoms with E-state index >= 15 is 0 Å². The molecule has 24 heavy (non-hydrogen) atoms. The first-order valence-corrected chi connectivity index (χ1v) is 10.0. The van der Waals surface area contributed by atoms with Crippen molar-refractivity contribution < 1.29 is 17.9 Å². The second-order valence-electron chi connectivity index (χ2n) is 6.34. The second kappa shape index (κ2) is 7.63. The molecule has 2 fully saturated rings. The lowest BCUT2D eigenvalue weighted by atomic mass is 10.2. The highest BCUT2D eigenvalue weighted by atomic mass is 32.2. The van der Waals surface area contributed by atoms with Crippen LogP contribution in [0.25, 0.3) is 0 Å². The largest absolute Gasteiger partial charge is 0.368 e. The van der Waals surface area contributed by atoms with Crippen molar-refractivity contribution in [2.75, 3.05) is 25.0 Å². The minimum atomic E-state index is -3.51. The number of carbonyl (C=O) groups excluding carboxylic acids is 1. The third-order valence-corrected chi connectivity index (χ3v) is 6.42. The smallest absolute Gasteiger partial charge is 0.253 e. The fourth-order valence-electron chi connectivity index (χ4n) is 3.17. The molecule has 2 aliphatic heterocycles. The molecule has 6 nitrogen and oxygen atoms in total. The maximum Gasteiger partial charge on any atom is 0.253 e. The van der Waals surface area contributed by atoms with E-state index in [4.69, 9.17) is 4.74 Å². The van der Waals surface area contributed by atoms with Crippen LogP contribution in [0.4, 0.5) is 5.69 Å². The van der Waals surface area contributed by atoms with E-state index in [2.05, 4.69) is 5.32 Å². The summed E-state index contributed by atoms with van der Waals surface area (Å²) in [5.74, 6) is -0.211. The Hall–Kier alpha value is -1.44. The number of sulfonamides is 1. The van der Waals surface area contributed by atoms with Crippen molar-refractivity contribution in [1.82, 2.24) is 4.31 Å². The summed E-state index contributed by atoms with van der Waals surface area (Å²) in [5.41, 5.74) is 0.492. The molecule has 1 aromatic carbocycles. The average Bonchev–Trinajstić information content (AvgIpc) is 2.97. The minimum absolute atomic E-state index is 0.211. The molecule has 1 amide bonds. The molecule has 0 aliphatic carbocycles. The van der Waals surface area contributed by atoms with Crippen LogP contribution >= 0.6 is 0 Å². The summed E-state index contributed by atoms with van der Waals surface area (Å²) in [5, 5.41) is 2.76. The highest BCUT2D eigenvalue weighted by Crippen LogP contribution is 2.23. The molecule has 7 heteroatoms. The molecule has 2 heterocycles. The SMILES string of the molecule is O=C(Nc1cccc(S(=O)(=O)N2CCCCCC2)c1)[C@H]1CCCO1. The van der Waals surface area contributed by atoms with Crippen LogP contribution < -0.4 is 5.32 Å². The first-order valence-electron chi connectivity index (χ1n) is 8.60. The van der Waals surface area contributed by atoms with Crippen LogP contribution in [0.5, 0.6) is 0 Å². The van der Waals surface area contributed by atoms with Gasteiger partial charge in [0.15, 0.2) is 0 Å². The molecular weight excluding hydrogens is 328 g/mol. The van der Waals surface area contributed by atoms with Crippen molar-refractivity contribution in [3.8, 4) is 0 Å². The van der Waals surface area contributed by atoms with Crippen molar-refractivity contribution in [1.29, 1.82) is 0 Å². The lowest BCUT2D eigenvalue weighted by Crippen LogP contribution is -2.32. The number of benzene rings is 1. The van der Waals surface area contributed by atoms with Gasteiger partial charge in [0.05, 0.1) is 4.90 Å². The zero-order valence-corrected chi connectivity index (χ0v) is 14.6. The number of anilines is 1. The Kier molecular flexibility index (Phi) is 5.53. The summed E-state index contributed by atoms with van der Waals surface area (Å²) < 4.78 is 32.6. The molecule has 1 N–H and O–H groups in total. The number of hydrogen-bond acceptors (Lipinski definition) is 4. The molecule has 3 rings (SSSR count). The Labute approximate surface area is 143 Å². The maximum atomic E-state index is 12.8. The Balaban J connectivity index is 1.75. The molecule has 132 valence electrons. The van der Waals surface area contributed by atoms with E-state index in [1.165, 1.54) is 6.07 Å². The van der Waals surface area contributed by atoms with Gasteiger partial charge in [-0.2, -0.15) is 4.31 Å². The zero-order chi connectivity index (χ0) is 17.0. The molecule has 0 saturated carbocycles. The fourth-order valence-corrected chi connectivity index (χ4v) is 4.74. The molecule has 2 aliphatic rings. The van der Waals surface area contributed by atoms with Gasteiger partial charge in [0, 0.05) is 25.4 Å². The maximum absolute atomic E-state index is 12.8. The van der Waals surface area contributed by atoms with Gasteiger partial charge in [0.1, 0.15) is 6.10 Å². The summed E-state index contributed by atoms with van der Waals surface area (Å²) in [6.45, 7) is 1.73. The molecule has 1 atom stereocenters. The van der Waals surface area contributed by atoms with E-state index in [0.717, 1.165) is 32.1 Å². The zero-order valence-electron chi connectivity index (χ0n) is 13.7. The van der Waals surface area contributed by atoms with Gasteiger partial charge in [-0.05, 0) is 43.9 Å². The summed E-state index contributed by atoms with van der Waals surface area (Å²) in [7, 11) is -3.51. The number of nitrogens with zero attached hydrogens (tertiary/aromatic N) is 1. The monoisotopic (exact) mass is 352 g/mol. The first-order chi connectivity index (χ1) is 11.6. The normalized spacial score (nSPS) is 22.9. The Bertz CT molecular complexity index is 676. The lowest BCUT2D eigenvalue weighted by Gasteiger charge is -2.20. The molecule has 0 spiro atoms. The van der Waals surface area contributed by atoms with E-state index in [9.17, 15) is 13.2 Å². The van der Waals surface area contributed by atoms with Gasteiger partial charge in [0.25, 0.3) is 5.91 Å². The Morgan fingerprint density at radius 3 is 2.54 bits per heavy atom. The summed E-state index contributed by atoms with van der Waals surface area (Å²) >= 11 is 0. The summed E-state index contributed by atoms with van der Waals surface area (Å²) in [4.78, 5) is 12.4. The average molecular weight is 352 g/mol. The molecular formula is C17H24N2O4S. The van der Waals surface area contributed by atoms with Crippen LogP contribution in [0, 0.1) is 0 Å². The van der Waals surface area contributed by atoms with Crippen molar-refractivity contribution in [2.24, 2.45) is 0 Å². The van der Waals surface area contributed by atoms with Crippen LogP contribution in [-0.4, -0.2) is 44.4 Å². The number of amides is 1. The van der Waals surface area contributed by atoms with Gasteiger partial charge in [-0.15, -0.1) is 0 Å². The number of nitrogens with one attached hydrogen (secondary N) is 1. The van der Waals surface area contributed by atoms with Gasteiger partial charge < -0.3 is 10.1 Å². The standard InChI is InChI=1S/C17H24N2O4S/c20-17(16-9-6-12-23-16)18-14-7-5-8-15(13-14)24(21,22)19-10-3-1-2-4-11-19/h5,7-8,13,16H,1-4,6,9-12H2,(H,18,20)/t16-/m1/s1. The summed E-state index contributed by atoms with van der Waals surface area (Å²) in [6.07, 6.45) is 5.09. The minimum Gasteiger partial charge on any atom is -0.368 e. The van der Waals surface area contributed by atoms with Gasteiger partial charge in [-0.1, -0.05) is 18.9 Å². The van der Waals surface area contributed by atoms with Gasteiger partial charge >= 0.3 is 0 Å². The first kappa shape index (κ1) is 17.4. The molecule has 0 radical (unpaired) electrons. The predicted octanol–water partition coefficient (Wildman–Crippen LogP) is 2.37. The quantitative estimate of drug-likeness (QED) is 0.903. The van der Waals surface area contributed by atoms with Crippen molar-refractivity contribution in [2.45, 2.75) is 49.5 Å². The third kappa shape index (κ3) is 3.96. The molecule has 0 bridgehead atoms. The van der Waals surface area contributed by atoms with E-state index in [1.54, 1.807) is 22.5 Å². The fraction of sp³-hybridized carbons (Fsp3) is 0.588. The third-order valence-electron chi connectivity index (χ3n) is 4.53. The van der Waals surface area contributed by atoms with E-state index in [1.807, 2.05) is 0 Å². The van der Waals surface area contributed by atoms with Crippen LogP contribution in [0.2, 0.25) is 0 Å². The highest BCUT2D eigenvalue weighted by molar-refractivity contribution is 7.89. The molecule has 1 aromatic rings. The van der Waals surface area contributed by atoms with Crippen LogP contribution in [0.3, 0.4) is 0 Å². The molecule has 2 saturated heterocycles. The summed E-state index contributed by atoms with van der Waals surface area (Å²) in [6, 6.07) is 6.49. The molecule has 0 aromatic heterocycles. The van der Waals surface area contributed by atoms with Crippen LogP contribution in [0.1, 0.15) is 38.5 Å². The highest BCUT2D eigenvalue weighted by Gasteiger charge is 2.26. The van der Waals surface area contributed by atoms with Crippen molar-refractivity contribution in [3.63, 3.8) is 0 Å². The number of ether oxygens (including phenoxy) is 1. The number of hydrogen-bond donors (Lipinski definition) is 1. The Morgan fingerprint density at radius 2 is 1.88 bits per heavy atom.